The average molecular weight is 396 g/mol. The Morgan fingerprint density at radius 3 is 2.21 bits per heavy atom. The molecule has 0 bridgehead atoms. The minimum atomic E-state index is -4.08. The Balaban J connectivity index is 3.14. The fourth-order valence-electron chi connectivity index (χ4n) is 2.09. The Hall–Kier alpha value is -0.370. The van der Waals surface area contributed by atoms with Gasteiger partial charge in [0.15, 0.2) is 6.35 Å². The number of aryl methyl sites for hydroxylation is 1. The zero-order valence-electron chi connectivity index (χ0n) is 14.5. The van der Waals surface area contributed by atoms with E-state index in [1.807, 2.05) is 19.9 Å². The number of hydrogen-bond donors (Lipinski definition) is 0. The second-order valence-corrected chi connectivity index (χ2v) is 9.53. The molecule has 0 aliphatic rings. The molecule has 0 radical (unpaired) electrons. The van der Waals surface area contributed by atoms with E-state index in [1.165, 1.54) is 11.8 Å². The van der Waals surface area contributed by atoms with Gasteiger partial charge in [0.1, 0.15) is 4.90 Å². The Morgan fingerprint density at radius 1 is 1.08 bits per heavy atom. The standard InChI is InChI=1S/C15H25O6PS2/c1-5-13-10-9-11-14(23-8-4)15(13)24(17,18)21-12-22(16,19-6-2)20-7-3/h9-11H,5-8,12H2,1-4H3. The van der Waals surface area contributed by atoms with Gasteiger partial charge in [-0.25, -0.2) is 0 Å². The van der Waals surface area contributed by atoms with Crippen LogP contribution in [0.1, 0.15) is 33.3 Å². The van der Waals surface area contributed by atoms with Crippen molar-refractivity contribution in [3.05, 3.63) is 23.8 Å². The molecule has 0 saturated carbocycles. The van der Waals surface area contributed by atoms with Crippen LogP contribution in [0.15, 0.2) is 28.0 Å². The first-order valence-electron chi connectivity index (χ1n) is 7.85. The predicted octanol–water partition coefficient (Wildman–Crippen LogP) is 4.29. The summed E-state index contributed by atoms with van der Waals surface area (Å²) in [5.41, 5.74) is 0.663. The van der Waals surface area contributed by atoms with Crippen molar-refractivity contribution < 1.29 is 26.2 Å². The summed E-state index contributed by atoms with van der Waals surface area (Å²) in [4.78, 5) is 0.762. The van der Waals surface area contributed by atoms with Crippen molar-refractivity contribution in [2.45, 2.75) is 43.9 Å². The van der Waals surface area contributed by atoms with Crippen LogP contribution in [-0.2, 0) is 34.3 Å². The molecular formula is C15H25O6PS2. The van der Waals surface area contributed by atoms with Crippen LogP contribution >= 0.6 is 19.4 Å². The summed E-state index contributed by atoms with van der Waals surface area (Å²) in [7, 11) is -7.68. The molecule has 0 heterocycles. The quantitative estimate of drug-likeness (QED) is 0.314. The van der Waals surface area contributed by atoms with Gasteiger partial charge in [0.05, 0.1) is 13.2 Å². The fourth-order valence-corrected chi connectivity index (χ4v) is 6.37. The lowest BCUT2D eigenvalue weighted by molar-refractivity contribution is 0.197. The summed E-state index contributed by atoms with van der Waals surface area (Å²) in [5.74, 6) is 0.728. The molecule has 0 N–H and O–H groups in total. The highest BCUT2D eigenvalue weighted by atomic mass is 32.2. The Kier molecular flexibility index (Phi) is 8.98. The number of benzene rings is 1. The molecule has 6 nitrogen and oxygen atoms in total. The van der Waals surface area contributed by atoms with E-state index in [2.05, 4.69) is 0 Å². The summed E-state index contributed by atoms with van der Waals surface area (Å²) in [6, 6.07) is 5.32. The Labute approximate surface area is 148 Å². The van der Waals surface area contributed by atoms with Crippen LogP contribution in [0.4, 0.5) is 0 Å². The second kappa shape index (κ2) is 9.94. The highest BCUT2D eigenvalue weighted by molar-refractivity contribution is 8.00. The lowest BCUT2D eigenvalue weighted by atomic mass is 10.2. The van der Waals surface area contributed by atoms with Crippen LogP contribution < -0.4 is 0 Å². The molecule has 1 aromatic rings. The van der Waals surface area contributed by atoms with Crippen molar-refractivity contribution in [1.29, 1.82) is 0 Å². The maximum Gasteiger partial charge on any atom is 0.357 e. The zero-order chi connectivity index (χ0) is 18.2. The van der Waals surface area contributed by atoms with Crippen molar-refractivity contribution >= 4 is 29.5 Å². The van der Waals surface area contributed by atoms with E-state index in [0.29, 0.717) is 16.9 Å². The lowest BCUT2D eigenvalue weighted by Gasteiger charge is -2.18. The fraction of sp³-hybridized carbons (Fsp3) is 0.600. The molecule has 1 rings (SSSR count). The normalized spacial score (nSPS) is 12.5. The molecular weight excluding hydrogens is 371 g/mol. The summed E-state index contributed by atoms with van der Waals surface area (Å²) in [6.07, 6.45) is -0.0874. The van der Waals surface area contributed by atoms with Gasteiger partial charge in [0.2, 0.25) is 0 Å². The van der Waals surface area contributed by atoms with Crippen LogP contribution in [0, 0.1) is 0 Å². The SMILES string of the molecule is CCOP(=O)(COS(=O)(=O)c1c(CC)cccc1SCC)OCC. The maximum absolute atomic E-state index is 12.7. The Morgan fingerprint density at radius 2 is 1.71 bits per heavy atom. The molecule has 0 atom stereocenters. The molecule has 0 spiro atoms. The number of thioether (sulfide) groups is 1. The van der Waals surface area contributed by atoms with E-state index < -0.39 is 24.1 Å². The third-order valence-electron chi connectivity index (χ3n) is 3.01. The summed E-state index contributed by atoms with van der Waals surface area (Å²) in [6.45, 7) is 7.41. The van der Waals surface area contributed by atoms with E-state index in [-0.39, 0.29) is 18.1 Å². The van der Waals surface area contributed by atoms with Crippen molar-refractivity contribution in [3.8, 4) is 0 Å². The van der Waals surface area contributed by atoms with Gasteiger partial charge in [0, 0.05) is 4.90 Å². The van der Waals surface area contributed by atoms with Gasteiger partial charge < -0.3 is 9.05 Å². The molecule has 0 aliphatic heterocycles. The average Bonchev–Trinajstić information content (AvgIpc) is 2.53. The molecule has 0 fully saturated rings. The summed E-state index contributed by atoms with van der Waals surface area (Å²) < 4.78 is 53.0. The molecule has 0 aliphatic carbocycles. The first kappa shape index (κ1) is 21.7. The first-order chi connectivity index (χ1) is 11.3. The Bertz CT molecular complexity index is 665. The van der Waals surface area contributed by atoms with E-state index >= 15 is 0 Å². The van der Waals surface area contributed by atoms with Crippen molar-refractivity contribution in [2.24, 2.45) is 0 Å². The predicted molar refractivity (Wildman–Crippen MR) is 96.2 cm³/mol. The highest BCUT2D eigenvalue weighted by Gasteiger charge is 2.30. The van der Waals surface area contributed by atoms with E-state index in [4.69, 9.17) is 13.2 Å². The molecule has 138 valence electrons. The smallest absolute Gasteiger partial charge is 0.307 e. The van der Waals surface area contributed by atoms with E-state index in [0.717, 1.165) is 5.75 Å². The van der Waals surface area contributed by atoms with Crippen LogP contribution in [-0.4, -0.2) is 33.7 Å². The minimum absolute atomic E-state index is 0.138. The third-order valence-corrected chi connectivity index (χ3v) is 7.41. The first-order valence-corrected chi connectivity index (χ1v) is 12.0. The molecule has 0 amide bonds. The van der Waals surface area contributed by atoms with Gasteiger partial charge in [-0.05, 0) is 37.7 Å². The van der Waals surface area contributed by atoms with Gasteiger partial charge in [-0.3, -0.25) is 8.75 Å². The van der Waals surface area contributed by atoms with Gasteiger partial charge in [-0.15, -0.1) is 11.8 Å². The minimum Gasteiger partial charge on any atom is -0.307 e. The summed E-state index contributed by atoms with van der Waals surface area (Å²) in [5, 5.41) is 0. The third kappa shape index (κ3) is 5.86. The second-order valence-electron chi connectivity index (χ2n) is 4.68. The van der Waals surface area contributed by atoms with Crippen LogP contribution in [0.25, 0.3) is 0 Å². The van der Waals surface area contributed by atoms with Crippen LogP contribution in [0.5, 0.6) is 0 Å². The van der Waals surface area contributed by atoms with E-state index in [9.17, 15) is 13.0 Å². The number of hydrogen-bond acceptors (Lipinski definition) is 7. The zero-order valence-corrected chi connectivity index (χ0v) is 17.0. The summed E-state index contributed by atoms with van der Waals surface area (Å²) >= 11 is 1.42. The van der Waals surface area contributed by atoms with Crippen molar-refractivity contribution in [2.75, 3.05) is 25.3 Å². The van der Waals surface area contributed by atoms with Gasteiger partial charge in [0.25, 0.3) is 10.1 Å². The van der Waals surface area contributed by atoms with Crippen LogP contribution in [0.2, 0.25) is 0 Å². The van der Waals surface area contributed by atoms with Crippen molar-refractivity contribution in [3.63, 3.8) is 0 Å². The monoisotopic (exact) mass is 396 g/mol. The molecule has 0 aromatic heterocycles. The molecule has 0 unspecified atom stereocenters. The maximum atomic E-state index is 12.7. The van der Waals surface area contributed by atoms with Crippen molar-refractivity contribution in [1.82, 2.24) is 0 Å². The molecule has 1 aromatic carbocycles. The highest BCUT2D eigenvalue weighted by Crippen LogP contribution is 2.48. The molecule has 24 heavy (non-hydrogen) atoms. The van der Waals surface area contributed by atoms with Gasteiger partial charge in [-0.1, -0.05) is 26.0 Å². The number of rotatable bonds is 11. The largest absolute Gasteiger partial charge is 0.357 e. The topological polar surface area (TPSA) is 78.9 Å². The molecule has 0 saturated heterocycles. The van der Waals surface area contributed by atoms with Gasteiger partial charge >= 0.3 is 7.60 Å². The van der Waals surface area contributed by atoms with Gasteiger partial charge in [-0.2, -0.15) is 8.42 Å². The van der Waals surface area contributed by atoms with E-state index in [1.54, 1.807) is 26.0 Å². The lowest BCUT2D eigenvalue weighted by Crippen LogP contribution is -2.13. The molecule has 9 heteroatoms. The van der Waals surface area contributed by atoms with Crippen LogP contribution in [0.3, 0.4) is 0 Å².